The summed E-state index contributed by atoms with van der Waals surface area (Å²) < 4.78 is 0. The number of nitrogens with one attached hydrogen (secondary N) is 1. The number of rotatable bonds is 0. The first-order valence-electron chi connectivity index (χ1n) is 3.43. The standard InChI is InChI=1S/C5H5N5.H4NO2P/c6-5-9-3-1-7-2-8-4(3)10-5;1-4(2)3/h1-2H,(H3,6,7,8,9,10);2-3H,1H2. The maximum Gasteiger partial charge on any atom is 0.247 e. The quantitative estimate of drug-likeness (QED) is 0.358. The molecule has 0 bridgehead atoms. The van der Waals surface area contributed by atoms with Crippen molar-refractivity contribution in [1.82, 2.24) is 19.9 Å². The summed E-state index contributed by atoms with van der Waals surface area (Å²) in [5.41, 5.74) is 11.0. The van der Waals surface area contributed by atoms with Gasteiger partial charge in [0.05, 0.1) is 6.20 Å². The largest absolute Gasteiger partial charge is 0.369 e. The lowest BCUT2D eigenvalue weighted by molar-refractivity contribution is 0.485. The van der Waals surface area contributed by atoms with Crippen molar-refractivity contribution in [3.8, 4) is 0 Å². The van der Waals surface area contributed by atoms with Crippen molar-refractivity contribution < 1.29 is 9.79 Å². The second-order valence-electron chi connectivity index (χ2n) is 2.20. The second kappa shape index (κ2) is 4.77. The van der Waals surface area contributed by atoms with Crippen molar-refractivity contribution in [2.24, 2.45) is 5.50 Å². The number of nitrogens with zero attached hydrogens (tertiary/aromatic N) is 3. The highest BCUT2D eigenvalue weighted by Gasteiger charge is 1.97. The third kappa shape index (κ3) is 3.19. The van der Waals surface area contributed by atoms with E-state index in [2.05, 4.69) is 25.4 Å². The van der Waals surface area contributed by atoms with Crippen LogP contribution in [0.15, 0.2) is 12.5 Å². The molecule has 0 saturated carbocycles. The average Bonchev–Trinajstić information content (AvgIpc) is 2.42. The molecule has 9 heteroatoms. The summed E-state index contributed by atoms with van der Waals surface area (Å²) in [4.78, 5) is 29.2. The molecule has 0 unspecified atom stereocenters. The molecule has 0 aromatic carbocycles. The van der Waals surface area contributed by atoms with Crippen LogP contribution in [-0.2, 0) is 0 Å². The zero-order valence-electron chi connectivity index (χ0n) is 6.99. The number of fused-ring (bicyclic) bond motifs is 1. The number of hydrogen-bond donors (Lipinski definition) is 5. The van der Waals surface area contributed by atoms with Crippen molar-refractivity contribution in [3.05, 3.63) is 12.5 Å². The summed E-state index contributed by atoms with van der Waals surface area (Å²) >= 11 is 0. The van der Waals surface area contributed by atoms with Gasteiger partial charge in [0, 0.05) is 0 Å². The fourth-order valence-corrected chi connectivity index (χ4v) is 0.780. The van der Waals surface area contributed by atoms with Crippen molar-refractivity contribution in [2.75, 3.05) is 5.73 Å². The second-order valence-corrected chi connectivity index (χ2v) is 2.84. The number of anilines is 1. The highest BCUT2D eigenvalue weighted by molar-refractivity contribution is 7.42. The van der Waals surface area contributed by atoms with Crippen LogP contribution in [0.1, 0.15) is 0 Å². The summed E-state index contributed by atoms with van der Waals surface area (Å²) in [6.45, 7) is 0. The van der Waals surface area contributed by atoms with Crippen LogP contribution < -0.4 is 11.2 Å². The number of nitrogens with two attached hydrogens (primary N) is 2. The normalized spacial score (nSPS) is 10.0. The predicted molar refractivity (Wildman–Crippen MR) is 51.6 cm³/mol. The van der Waals surface area contributed by atoms with Gasteiger partial charge in [-0.3, -0.25) is 5.50 Å². The van der Waals surface area contributed by atoms with Gasteiger partial charge in [-0.1, -0.05) is 0 Å². The van der Waals surface area contributed by atoms with E-state index in [-0.39, 0.29) is 0 Å². The SMILES string of the molecule is NP(O)O.Nc1nc2ncncc2[nH]1. The number of hydrogen-bond acceptors (Lipinski definition) is 7. The minimum Gasteiger partial charge on any atom is -0.369 e. The van der Waals surface area contributed by atoms with E-state index >= 15 is 0 Å². The molecule has 0 amide bonds. The van der Waals surface area contributed by atoms with Crippen LogP contribution >= 0.6 is 8.53 Å². The predicted octanol–water partition coefficient (Wildman–Crippen LogP) is -0.908. The van der Waals surface area contributed by atoms with Crippen LogP contribution in [0.25, 0.3) is 11.2 Å². The molecule has 0 aliphatic carbocycles. The molecular formula is C5H9N6O2P. The molecule has 0 fully saturated rings. The van der Waals surface area contributed by atoms with E-state index in [9.17, 15) is 0 Å². The van der Waals surface area contributed by atoms with Gasteiger partial charge in [-0.2, -0.15) is 4.98 Å². The molecule has 2 rings (SSSR count). The molecule has 2 aromatic rings. The Morgan fingerprint density at radius 2 is 2.07 bits per heavy atom. The number of imidazole rings is 1. The van der Waals surface area contributed by atoms with Crippen LogP contribution in [0, 0.1) is 0 Å². The van der Waals surface area contributed by atoms with E-state index in [0.717, 1.165) is 5.52 Å². The lowest BCUT2D eigenvalue weighted by Crippen LogP contribution is -1.84. The molecule has 0 spiro atoms. The Morgan fingerprint density at radius 3 is 2.64 bits per heavy atom. The van der Waals surface area contributed by atoms with Crippen LogP contribution in [0.3, 0.4) is 0 Å². The first-order chi connectivity index (χ1) is 6.59. The highest BCUT2D eigenvalue weighted by atomic mass is 31.2. The molecule has 8 nitrogen and oxygen atoms in total. The topological polar surface area (TPSA) is 147 Å². The lowest BCUT2D eigenvalue weighted by Gasteiger charge is -1.79. The number of H-pyrrole nitrogens is 1. The molecule has 0 aliphatic heterocycles. The van der Waals surface area contributed by atoms with Gasteiger partial charge in [-0.05, 0) is 0 Å². The Hall–Kier alpha value is -1.34. The van der Waals surface area contributed by atoms with Gasteiger partial charge in [0.1, 0.15) is 11.8 Å². The van der Waals surface area contributed by atoms with Crippen LogP contribution in [0.4, 0.5) is 5.95 Å². The molecule has 0 saturated heterocycles. The first-order valence-corrected chi connectivity index (χ1v) is 4.75. The summed E-state index contributed by atoms with van der Waals surface area (Å²) in [6.07, 6.45) is 3.06. The molecule has 0 radical (unpaired) electrons. The summed E-state index contributed by atoms with van der Waals surface area (Å²) in [7, 11) is -2.12. The molecule has 2 aromatic heterocycles. The maximum atomic E-state index is 7.45. The van der Waals surface area contributed by atoms with Crippen LogP contribution in [0.2, 0.25) is 0 Å². The molecule has 76 valence electrons. The van der Waals surface area contributed by atoms with Gasteiger partial charge < -0.3 is 20.5 Å². The first kappa shape index (κ1) is 10.7. The van der Waals surface area contributed by atoms with Gasteiger partial charge in [0.2, 0.25) is 8.53 Å². The third-order valence-electron chi connectivity index (χ3n) is 1.18. The minimum atomic E-state index is -2.12. The minimum absolute atomic E-state index is 0.371. The maximum absolute atomic E-state index is 7.45. The zero-order valence-corrected chi connectivity index (χ0v) is 7.89. The van der Waals surface area contributed by atoms with Gasteiger partial charge in [-0.25, -0.2) is 9.97 Å². The Labute approximate surface area is 80.0 Å². The van der Waals surface area contributed by atoms with E-state index in [1.165, 1.54) is 6.33 Å². The monoisotopic (exact) mass is 216 g/mol. The van der Waals surface area contributed by atoms with Gasteiger partial charge in [0.25, 0.3) is 0 Å². The van der Waals surface area contributed by atoms with Crippen molar-refractivity contribution in [3.63, 3.8) is 0 Å². The van der Waals surface area contributed by atoms with E-state index in [1.807, 2.05) is 0 Å². The molecule has 0 aliphatic rings. The molecular weight excluding hydrogens is 207 g/mol. The number of aromatic amines is 1. The van der Waals surface area contributed by atoms with E-state index in [1.54, 1.807) is 6.20 Å². The highest BCUT2D eigenvalue weighted by Crippen LogP contribution is 2.05. The van der Waals surface area contributed by atoms with E-state index in [0.29, 0.717) is 11.6 Å². The third-order valence-corrected chi connectivity index (χ3v) is 1.18. The van der Waals surface area contributed by atoms with Crippen molar-refractivity contribution in [2.45, 2.75) is 0 Å². The summed E-state index contributed by atoms with van der Waals surface area (Å²) in [5.74, 6) is 0.371. The summed E-state index contributed by atoms with van der Waals surface area (Å²) in [5, 5.41) is 0. The fourth-order valence-electron chi connectivity index (χ4n) is 0.780. The molecule has 2 heterocycles. The Morgan fingerprint density at radius 1 is 1.43 bits per heavy atom. The Balaban J connectivity index is 0.000000213. The molecule has 7 N–H and O–H groups in total. The van der Waals surface area contributed by atoms with Crippen molar-refractivity contribution in [1.29, 1.82) is 0 Å². The smallest absolute Gasteiger partial charge is 0.247 e. The number of aromatic nitrogens is 4. The zero-order chi connectivity index (χ0) is 10.6. The Bertz CT molecular complexity index is 368. The molecule has 14 heavy (non-hydrogen) atoms. The lowest BCUT2D eigenvalue weighted by atomic mass is 10.6. The van der Waals surface area contributed by atoms with Crippen LogP contribution in [0.5, 0.6) is 0 Å². The van der Waals surface area contributed by atoms with Gasteiger partial charge in [0.15, 0.2) is 11.6 Å². The fraction of sp³-hybridized carbons (Fsp3) is 0. The van der Waals surface area contributed by atoms with Crippen LogP contribution in [-0.4, -0.2) is 29.7 Å². The van der Waals surface area contributed by atoms with Gasteiger partial charge in [-0.15, -0.1) is 0 Å². The van der Waals surface area contributed by atoms with E-state index < -0.39 is 8.53 Å². The number of nitrogen functional groups attached to an aromatic ring is 1. The van der Waals surface area contributed by atoms with Gasteiger partial charge >= 0.3 is 0 Å². The Kier molecular flexibility index (Phi) is 3.66. The van der Waals surface area contributed by atoms with Crippen molar-refractivity contribution >= 4 is 25.6 Å². The summed E-state index contributed by atoms with van der Waals surface area (Å²) in [6, 6.07) is 0. The average molecular weight is 216 g/mol. The van der Waals surface area contributed by atoms with E-state index in [4.69, 9.17) is 15.5 Å². The molecule has 0 atom stereocenters.